The first kappa shape index (κ1) is 24.3. The van der Waals surface area contributed by atoms with Crippen LogP contribution in [-0.2, 0) is 19.0 Å². The molecule has 0 saturated carbocycles. The fourth-order valence-corrected chi connectivity index (χ4v) is 8.19. The molecule has 0 aliphatic carbocycles. The van der Waals surface area contributed by atoms with E-state index in [0.29, 0.717) is 0 Å². The topological polar surface area (TPSA) is 72.8 Å². The first-order valence-electron chi connectivity index (χ1n) is 10.7. The fourth-order valence-electron chi connectivity index (χ4n) is 4.13. The van der Waals surface area contributed by atoms with E-state index in [4.69, 9.17) is 9.16 Å². The summed E-state index contributed by atoms with van der Waals surface area (Å²) in [6.07, 6.45) is 0.749. The summed E-state index contributed by atoms with van der Waals surface area (Å²) < 4.78 is 38.1. The largest absolute Gasteiger partial charge is 0.413 e. The van der Waals surface area contributed by atoms with Crippen molar-refractivity contribution in [3.63, 3.8) is 0 Å². The van der Waals surface area contributed by atoms with Crippen LogP contribution < -0.4 is 0 Å². The van der Waals surface area contributed by atoms with E-state index in [-0.39, 0.29) is 35.5 Å². The Morgan fingerprint density at radius 2 is 1.66 bits per heavy atom. The fraction of sp³-hybridized carbons (Fsp3) is 0.636. The Balaban J connectivity index is 2.28. The molecule has 1 heterocycles. The summed E-state index contributed by atoms with van der Waals surface area (Å²) in [5.74, 6) is 0.0356. The first-order valence-corrected chi connectivity index (χ1v) is 14.7. The lowest BCUT2D eigenvalue weighted by molar-refractivity contribution is -0.154. The van der Waals surface area contributed by atoms with Gasteiger partial charge in [-0.25, -0.2) is 8.42 Å². The predicted molar refractivity (Wildman–Crippen MR) is 119 cm³/mol. The second-order valence-electron chi connectivity index (χ2n) is 8.05. The Bertz CT molecular complexity index is 752. The maximum absolute atomic E-state index is 12.6. The molecule has 0 amide bonds. The standard InChI is InChI=1S/C22H36O5SSi/c1-6-29(7-2,8-3)27-22-17(4)20(26-21(16-23)18(22)5)14-15-28(24,25)19-12-10-9-11-13-19/h9-15,17-18,20-23H,6-8,16H2,1-5H3/t17-,18+,20+,21-,22-/m1/s1. The van der Waals surface area contributed by atoms with Gasteiger partial charge in [-0.05, 0) is 36.3 Å². The number of hydrogen-bond donors (Lipinski definition) is 1. The summed E-state index contributed by atoms with van der Waals surface area (Å²) >= 11 is 0. The molecule has 29 heavy (non-hydrogen) atoms. The Kier molecular flexibility index (Phi) is 8.67. The molecular weight excluding hydrogens is 404 g/mol. The summed E-state index contributed by atoms with van der Waals surface area (Å²) in [4.78, 5) is 0.258. The number of sulfone groups is 1. The summed E-state index contributed by atoms with van der Waals surface area (Å²) in [6, 6.07) is 11.5. The lowest BCUT2D eigenvalue weighted by atomic mass is 9.83. The van der Waals surface area contributed by atoms with Crippen LogP contribution in [0, 0.1) is 11.8 Å². The molecule has 164 valence electrons. The van der Waals surface area contributed by atoms with E-state index >= 15 is 0 Å². The predicted octanol–water partition coefficient (Wildman–Crippen LogP) is 4.40. The van der Waals surface area contributed by atoms with Crippen molar-refractivity contribution in [3.8, 4) is 0 Å². The highest BCUT2D eigenvalue weighted by Gasteiger charge is 2.44. The van der Waals surface area contributed by atoms with E-state index in [1.54, 1.807) is 36.4 Å². The number of benzene rings is 1. The Morgan fingerprint density at radius 3 is 2.17 bits per heavy atom. The molecule has 0 aromatic heterocycles. The van der Waals surface area contributed by atoms with Crippen molar-refractivity contribution >= 4 is 18.2 Å². The number of aliphatic hydroxyl groups excluding tert-OH is 1. The van der Waals surface area contributed by atoms with Crippen molar-refractivity contribution in [2.24, 2.45) is 11.8 Å². The van der Waals surface area contributed by atoms with E-state index in [1.807, 2.05) is 0 Å². The highest BCUT2D eigenvalue weighted by atomic mass is 32.2. The molecule has 1 fully saturated rings. The third-order valence-electron chi connectivity index (χ3n) is 6.49. The minimum absolute atomic E-state index is 0.00783. The van der Waals surface area contributed by atoms with Crippen LogP contribution in [0.15, 0.2) is 46.7 Å². The molecule has 7 heteroatoms. The second kappa shape index (κ2) is 10.4. The molecule has 0 unspecified atom stereocenters. The van der Waals surface area contributed by atoms with Crippen molar-refractivity contribution in [2.45, 2.75) is 76.0 Å². The van der Waals surface area contributed by atoms with Crippen LogP contribution in [0.5, 0.6) is 0 Å². The van der Waals surface area contributed by atoms with Gasteiger partial charge in [0.2, 0.25) is 0 Å². The normalized spacial score (nSPS) is 28.7. The number of rotatable bonds is 9. The van der Waals surface area contributed by atoms with Crippen molar-refractivity contribution < 1.29 is 22.7 Å². The minimum Gasteiger partial charge on any atom is -0.413 e. The molecule has 1 saturated heterocycles. The number of ether oxygens (including phenoxy) is 1. The molecule has 1 aromatic carbocycles. The maximum Gasteiger partial charge on any atom is 0.199 e. The minimum atomic E-state index is -3.54. The third-order valence-corrected chi connectivity index (χ3v) is 12.6. The molecule has 1 aromatic rings. The van der Waals surface area contributed by atoms with Gasteiger partial charge in [-0.2, -0.15) is 0 Å². The van der Waals surface area contributed by atoms with Gasteiger partial charge in [-0.15, -0.1) is 0 Å². The number of aliphatic hydroxyl groups is 1. The van der Waals surface area contributed by atoms with Gasteiger partial charge in [0.15, 0.2) is 18.2 Å². The van der Waals surface area contributed by atoms with Crippen molar-refractivity contribution in [2.75, 3.05) is 6.61 Å². The van der Waals surface area contributed by atoms with Crippen LogP contribution in [0.2, 0.25) is 18.1 Å². The lowest BCUT2D eigenvalue weighted by Crippen LogP contribution is -2.55. The molecule has 0 spiro atoms. The van der Waals surface area contributed by atoms with Gasteiger partial charge in [0.05, 0.1) is 29.8 Å². The monoisotopic (exact) mass is 440 g/mol. The Morgan fingerprint density at radius 1 is 1.07 bits per heavy atom. The highest BCUT2D eigenvalue weighted by Crippen LogP contribution is 2.37. The second-order valence-corrected chi connectivity index (χ2v) is 14.6. The van der Waals surface area contributed by atoms with Gasteiger partial charge in [0.1, 0.15) is 0 Å². The zero-order chi connectivity index (χ0) is 21.7. The molecule has 0 bridgehead atoms. The van der Waals surface area contributed by atoms with Gasteiger partial charge in [-0.1, -0.05) is 52.8 Å². The average molecular weight is 441 g/mol. The summed E-state index contributed by atoms with van der Waals surface area (Å²) in [7, 11) is -5.39. The van der Waals surface area contributed by atoms with Gasteiger partial charge in [0, 0.05) is 17.2 Å². The van der Waals surface area contributed by atoms with E-state index in [2.05, 4.69) is 34.6 Å². The van der Waals surface area contributed by atoms with Crippen LogP contribution in [0.1, 0.15) is 34.6 Å². The quantitative estimate of drug-likeness (QED) is 0.576. The van der Waals surface area contributed by atoms with E-state index in [9.17, 15) is 13.5 Å². The third kappa shape index (κ3) is 5.58. The Labute approximate surface area is 177 Å². The van der Waals surface area contributed by atoms with Crippen LogP contribution in [0.4, 0.5) is 0 Å². The van der Waals surface area contributed by atoms with Gasteiger partial charge < -0.3 is 14.3 Å². The van der Waals surface area contributed by atoms with Crippen LogP contribution >= 0.6 is 0 Å². The van der Waals surface area contributed by atoms with Crippen molar-refractivity contribution in [1.82, 2.24) is 0 Å². The van der Waals surface area contributed by atoms with Gasteiger partial charge in [0.25, 0.3) is 0 Å². The molecular formula is C22H36O5SSi. The lowest BCUT2D eigenvalue weighted by Gasteiger charge is -2.47. The Hall–Kier alpha value is -0.993. The summed E-state index contributed by atoms with van der Waals surface area (Å²) in [5.41, 5.74) is 0. The zero-order valence-corrected chi connectivity index (χ0v) is 20.1. The van der Waals surface area contributed by atoms with Crippen LogP contribution in [-0.4, -0.2) is 46.8 Å². The smallest absolute Gasteiger partial charge is 0.199 e. The van der Waals surface area contributed by atoms with E-state index in [1.165, 1.54) is 5.41 Å². The number of hydrogen-bond acceptors (Lipinski definition) is 5. The summed E-state index contributed by atoms with van der Waals surface area (Å²) in [6.45, 7) is 10.6. The molecule has 1 aliphatic rings. The average Bonchev–Trinajstić information content (AvgIpc) is 2.74. The SMILES string of the molecule is CC[Si](CC)(CC)O[C@H]1[C@@H](C)[C@@H](CO)O[C@@H](C=CS(=O)(=O)c2ccccc2)[C@H]1C. The van der Waals surface area contributed by atoms with Crippen molar-refractivity contribution in [3.05, 3.63) is 41.8 Å². The van der Waals surface area contributed by atoms with Gasteiger partial charge in [-0.3, -0.25) is 0 Å². The van der Waals surface area contributed by atoms with E-state index < -0.39 is 24.3 Å². The first-order chi connectivity index (χ1) is 13.7. The van der Waals surface area contributed by atoms with Crippen molar-refractivity contribution in [1.29, 1.82) is 0 Å². The molecule has 1 N–H and O–H groups in total. The summed E-state index contributed by atoms with van der Waals surface area (Å²) in [5, 5.41) is 11.1. The molecule has 1 aliphatic heterocycles. The molecule has 5 nitrogen and oxygen atoms in total. The van der Waals surface area contributed by atoms with E-state index in [0.717, 1.165) is 18.1 Å². The van der Waals surface area contributed by atoms with Gasteiger partial charge >= 0.3 is 0 Å². The zero-order valence-electron chi connectivity index (χ0n) is 18.2. The molecule has 0 radical (unpaired) electrons. The maximum atomic E-state index is 12.6. The highest BCUT2D eigenvalue weighted by molar-refractivity contribution is 7.94. The molecule has 2 rings (SSSR count). The van der Waals surface area contributed by atoms with Crippen LogP contribution in [0.25, 0.3) is 0 Å². The molecule has 5 atom stereocenters. The van der Waals surface area contributed by atoms with Crippen LogP contribution in [0.3, 0.4) is 0 Å².